The number of rotatable bonds is 8. The summed E-state index contributed by atoms with van der Waals surface area (Å²) in [5, 5.41) is 3.46. The fraction of sp³-hybridized carbons (Fsp3) is 0.600. The Morgan fingerprint density at radius 3 is 2.33 bits per heavy atom. The van der Waals surface area contributed by atoms with E-state index >= 15 is 0 Å². The van der Waals surface area contributed by atoms with Crippen molar-refractivity contribution >= 4 is 11.8 Å². The van der Waals surface area contributed by atoms with Gasteiger partial charge in [0.1, 0.15) is 0 Å². The predicted molar refractivity (Wildman–Crippen MR) is 83.5 cm³/mol. The van der Waals surface area contributed by atoms with E-state index < -0.39 is 0 Å². The Bertz CT molecular complexity index is 330. The lowest BCUT2D eigenvalue weighted by molar-refractivity contribution is 0.403. The van der Waals surface area contributed by atoms with Crippen molar-refractivity contribution in [2.24, 2.45) is 0 Å². The summed E-state index contributed by atoms with van der Waals surface area (Å²) in [7, 11) is 4.22. The first kappa shape index (κ1) is 15.5. The molecule has 0 aromatic heterocycles. The molecule has 0 fully saturated rings. The van der Waals surface area contributed by atoms with Crippen LogP contribution in [0.3, 0.4) is 0 Å². The van der Waals surface area contributed by atoms with Gasteiger partial charge in [0.25, 0.3) is 0 Å². The summed E-state index contributed by atoms with van der Waals surface area (Å²) in [5.41, 5.74) is 4.19. The molecule has 102 valence electrons. The number of hydrogen-bond acceptors (Lipinski definition) is 3. The van der Waals surface area contributed by atoms with Crippen LogP contribution >= 0.6 is 11.8 Å². The number of benzene rings is 1. The maximum absolute atomic E-state index is 3.46. The van der Waals surface area contributed by atoms with Crippen molar-refractivity contribution in [3.63, 3.8) is 0 Å². The van der Waals surface area contributed by atoms with E-state index in [1.54, 1.807) is 0 Å². The molecule has 0 heterocycles. The zero-order valence-corrected chi connectivity index (χ0v) is 12.9. The van der Waals surface area contributed by atoms with Gasteiger partial charge in [-0.2, -0.15) is 11.8 Å². The second-order valence-electron chi connectivity index (χ2n) is 5.10. The molecular formula is C15H26N2S. The van der Waals surface area contributed by atoms with Crippen LogP contribution in [-0.4, -0.2) is 44.4 Å². The third kappa shape index (κ3) is 7.04. The Hall–Kier alpha value is -0.510. The molecule has 0 saturated heterocycles. The van der Waals surface area contributed by atoms with Gasteiger partial charge in [-0.05, 0) is 33.5 Å². The Kier molecular flexibility index (Phi) is 7.40. The van der Waals surface area contributed by atoms with Gasteiger partial charge in [-0.15, -0.1) is 0 Å². The van der Waals surface area contributed by atoms with Crippen molar-refractivity contribution in [3.8, 4) is 0 Å². The Labute approximate surface area is 116 Å². The number of nitrogens with zero attached hydrogens (tertiary/aromatic N) is 1. The summed E-state index contributed by atoms with van der Waals surface area (Å²) in [6, 6.07) is 6.82. The first-order valence-electron chi connectivity index (χ1n) is 6.58. The molecule has 1 N–H and O–H groups in total. The largest absolute Gasteiger partial charge is 0.315 e. The van der Waals surface area contributed by atoms with Crippen LogP contribution in [0.4, 0.5) is 0 Å². The lowest BCUT2D eigenvalue weighted by Gasteiger charge is -2.10. The molecule has 0 spiro atoms. The lowest BCUT2D eigenvalue weighted by Crippen LogP contribution is -2.27. The molecule has 1 aromatic carbocycles. The Morgan fingerprint density at radius 2 is 1.72 bits per heavy atom. The van der Waals surface area contributed by atoms with Crippen LogP contribution in [0.25, 0.3) is 0 Å². The number of hydrogen-bond donors (Lipinski definition) is 1. The fourth-order valence-corrected chi connectivity index (χ4v) is 2.75. The summed E-state index contributed by atoms with van der Waals surface area (Å²) < 4.78 is 0. The molecule has 18 heavy (non-hydrogen) atoms. The van der Waals surface area contributed by atoms with E-state index in [1.807, 2.05) is 11.8 Å². The zero-order chi connectivity index (χ0) is 13.4. The first-order valence-corrected chi connectivity index (χ1v) is 7.74. The van der Waals surface area contributed by atoms with Crippen LogP contribution in [0, 0.1) is 13.8 Å². The monoisotopic (exact) mass is 266 g/mol. The molecule has 0 atom stereocenters. The van der Waals surface area contributed by atoms with Crippen molar-refractivity contribution in [2.75, 3.05) is 39.5 Å². The van der Waals surface area contributed by atoms with E-state index in [2.05, 4.69) is 56.4 Å². The van der Waals surface area contributed by atoms with Crippen LogP contribution in [0.2, 0.25) is 0 Å². The van der Waals surface area contributed by atoms with Crippen molar-refractivity contribution in [1.29, 1.82) is 0 Å². The third-order valence-corrected chi connectivity index (χ3v) is 3.74. The summed E-state index contributed by atoms with van der Waals surface area (Å²) in [4.78, 5) is 2.20. The van der Waals surface area contributed by atoms with Crippen LogP contribution in [0.5, 0.6) is 0 Å². The van der Waals surface area contributed by atoms with Gasteiger partial charge in [-0.25, -0.2) is 0 Å². The number of aryl methyl sites for hydroxylation is 2. The molecule has 0 radical (unpaired) electrons. The van der Waals surface area contributed by atoms with E-state index in [4.69, 9.17) is 0 Å². The van der Waals surface area contributed by atoms with E-state index in [9.17, 15) is 0 Å². The van der Waals surface area contributed by atoms with Crippen molar-refractivity contribution in [2.45, 2.75) is 19.6 Å². The van der Waals surface area contributed by atoms with E-state index in [1.165, 1.54) is 22.4 Å². The van der Waals surface area contributed by atoms with Crippen LogP contribution in [-0.2, 0) is 5.75 Å². The molecule has 0 amide bonds. The Morgan fingerprint density at radius 1 is 1.06 bits per heavy atom. The minimum Gasteiger partial charge on any atom is -0.315 e. The Balaban J connectivity index is 2.10. The van der Waals surface area contributed by atoms with Crippen LogP contribution in [0.15, 0.2) is 18.2 Å². The minimum absolute atomic E-state index is 1.08. The number of thioether (sulfide) groups is 1. The third-order valence-electron chi connectivity index (χ3n) is 2.71. The van der Waals surface area contributed by atoms with Gasteiger partial charge >= 0.3 is 0 Å². The van der Waals surface area contributed by atoms with Gasteiger partial charge < -0.3 is 10.2 Å². The lowest BCUT2D eigenvalue weighted by atomic mass is 10.1. The molecule has 1 aromatic rings. The molecule has 0 aliphatic rings. The molecule has 0 aliphatic heterocycles. The van der Waals surface area contributed by atoms with Gasteiger partial charge in [0.15, 0.2) is 0 Å². The maximum Gasteiger partial charge on any atom is 0.0185 e. The van der Waals surface area contributed by atoms with Gasteiger partial charge in [0, 0.05) is 31.1 Å². The van der Waals surface area contributed by atoms with E-state index in [0.717, 1.165) is 25.4 Å². The average Bonchev–Trinajstić information content (AvgIpc) is 2.26. The van der Waals surface area contributed by atoms with Gasteiger partial charge in [0.2, 0.25) is 0 Å². The quantitative estimate of drug-likeness (QED) is 0.728. The van der Waals surface area contributed by atoms with Crippen molar-refractivity contribution in [1.82, 2.24) is 10.2 Å². The molecule has 3 heteroatoms. The minimum atomic E-state index is 1.08. The topological polar surface area (TPSA) is 15.3 Å². The molecule has 0 aliphatic carbocycles. The standard InChI is InChI=1S/C15H26N2S/c1-13-9-14(2)11-15(10-13)12-18-8-6-16-5-7-17(3)4/h9-11,16H,5-8,12H2,1-4H3. The smallest absolute Gasteiger partial charge is 0.0185 e. The van der Waals surface area contributed by atoms with E-state index in [-0.39, 0.29) is 0 Å². The van der Waals surface area contributed by atoms with Crippen molar-refractivity contribution in [3.05, 3.63) is 34.9 Å². The van der Waals surface area contributed by atoms with Gasteiger partial charge in [0.05, 0.1) is 0 Å². The van der Waals surface area contributed by atoms with E-state index in [0.29, 0.717) is 0 Å². The summed E-state index contributed by atoms with van der Waals surface area (Å²) in [5.74, 6) is 2.30. The normalized spacial score (nSPS) is 11.2. The van der Waals surface area contributed by atoms with Crippen LogP contribution in [0.1, 0.15) is 16.7 Å². The average molecular weight is 266 g/mol. The fourth-order valence-electron chi connectivity index (χ4n) is 1.91. The highest BCUT2D eigenvalue weighted by molar-refractivity contribution is 7.98. The zero-order valence-electron chi connectivity index (χ0n) is 12.1. The number of likely N-dealkylation sites (N-methyl/N-ethyl adjacent to an activating group) is 1. The van der Waals surface area contributed by atoms with Crippen LogP contribution < -0.4 is 5.32 Å². The summed E-state index contributed by atoms with van der Waals surface area (Å²) >= 11 is 2.01. The number of nitrogens with one attached hydrogen (secondary N) is 1. The molecule has 0 unspecified atom stereocenters. The molecule has 0 saturated carbocycles. The van der Waals surface area contributed by atoms with Gasteiger partial charge in [-0.3, -0.25) is 0 Å². The summed E-state index contributed by atoms with van der Waals surface area (Å²) in [6.07, 6.45) is 0. The second-order valence-corrected chi connectivity index (χ2v) is 6.21. The van der Waals surface area contributed by atoms with Crippen molar-refractivity contribution < 1.29 is 0 Å². The molecule has 0 bridgehead atoms. The predicted octanol–water partition coefficient (Wildman–Crippen LogP) is 2.69. The molecular weight excluding hydrogens is 240 g/mol. The summed E-state index contributed by atoms with van der Waals surface area (Å²) in [6.45, 7) is 7.64. The van der Waals surface area contributed by atoms with Gasteiger partial charge in [-0.1, -0.05) is 29.3 Å². The highest BCUT2D eigenvalue weighted by atomic mass is 32.2. The maximum atomic E-state index is 3.46. The molecule has 2 nitrogen and oxygen atoms in total. The SMILES string of the molecule is Cc1cc(C)cc(CSCCNCCN(C)C)c1. The molecule has 1 rings (SSSR count). The second kappa shape index (κ2) is 8.57. The highest BCUT2D eigenvalue weighted by Crippen LogP contribution is 2.15. The highest BCUT2D eigenvalue weighted by Gasteiger charge is 1.97. The first-order chi connectivity index (χ1) is 8.58.